The molecule has 2 aliphatic heterocycles. The van der Waals surface area contributed by atoms with E-state index in [0.29, 0.717) is 24.4 Å². The van der Waals surface area contributed by atoms with Crippen LogP contribution >= 0.6 is 11.3 Å². The zero-order chi connectivity index (χ0) is 16.5. The van der Waals surface area contributed by atoms with Crippen molar-refractivity contribution in [3.05, 3.63) is 29.3 Å². The van der Waals surface area contributed by atoms with E-state index in [0.717, 1.165) is 29.9 Å². The third kappa shape index (κ3) is 3.07. The minimum absolute atomic E-state index is 0.317. The van der Waals surface area contributed by atoms with Crippen LogP contribution in [0.25, 0.3) is 10.2 Å². The Morgan fingerprint density at radius 2 is 2.00 bits per heavy atom. The Morgan fingerprint density at radius 3 is 2.79 bits per heavy atom. The molecule has 0 radical (unpaired) electrons. The number of carbonyl (C=O) groups excluding carboxylic acids is 1. The van der Waals surface area contributed by atoms with Crippen LogP contribution in [-0.2, 0) is 11.2 Å². The summed E-state index contributed by atoms with van der Waals surface area (Å²) in [5.41, 5.74) is 1.05. The average molecular weight is 343 g/mol. The molecule has 2 saturated heterocycles. The van der Waals surface area contributed by atoms with Crippen LogP contribution in [0.5, 0.6) is 0 Å². The molecule has 0 aliphatic carbocycles. The number of likely N-dealkylation sites (tertiary alicyclic amines) is 2. The number of benzene rings is 1. The first-order valence-corrected chi connectivity index (χ1v) is 9.88. The summed E-state index contributed by atoms with van der Waals surface area (Å²) in [7, 11) is 2.21. The van der Waals surface area contributed by atoms with Crippen molar-refractivity contribution in [3.8, 4) is 0 Å². The molecule has 0 spiro atoms. The molecule has 2 aromatic rings. The van der Waals surface area contributed by atoms with Crippen LogP contribution in [-0.4, -0.2) is 52.9 Å². The van der Waals surface area contributed by atoms with Gasteiger partial charge in [-0.15, -0.1) is 11.3 Å². The summed E-state index contributed by atoms with van der Waals surface area (Å²) < 4.78 is 1.21. The number of carbonyl (C=O) groups is 1. The molecule has 0 saturated carbocycles. The van der Waals surface area contributed by atoms with Gasteiger partial charge in [-0.25, -0.2) is 4.98 Å². The number of aryl methyl sites for hydroxylation is 1. The van der Waals surface area contributed by atoms with Crippen molar-refractivity contribution >= 4 is 27.5 Å². The molecule has 4 nitrogen and oxygen atoms in total. The first kappa shape index (κ1) is 16.0. The van der Waals surface area contributed by atoms with E-state index in [2.05, 4.69) is 27.9 Å². The van der Waals surface area contributed by atoms with Crippen LogP contribution < -0.4 is 0 Å². The Morgan fingerprint density at radius 1 is 1.21 bits per heavy atom. The molecule has 1 aromatic carbocycles. The molecule has 24 heavy (non-hydrogen) atoms. The van der Waals surface area contributed by atoms with Gasteiger partial charge in [0.05, 0.1) is 15.2 Å². The van der Waals surface area contributed by atoms with Gasteiger partial charge in [-0.05, 0) is 51.4 Å². The maximum atomic E-state index is 12.8. The predicted octanol–water partition coefficient (Wildman–Crippen LogP) is 3.31. The van der Waals surface area contributed by atoms with Crippen LogP contribution in [0.1, 0.15) is 37.1 Å². The van der Waals surface area contributed by atoms with E-state index in [-0.39, 0.29) is 0 Å². The highest BCUT2D eigenvalue weighted by Gasteiger charge is 2.38. The Kier molecular flexibility index (Phi) is 4.55. The normalized spacial score (nSPS) is 25.0. The third-order valence-electron chi connectivity index (χ3n) is 5.53. The lowest BCUT2D eigenvalue weighted by Crippen LogP contribution is -2.47. The largest absolute Gasteiger partial charge is 0.338 e. The summed E-state index contributed by atoms with van der Waals surface area (Å²) in [4.78, 5) is 22.1. The standard InChI is InChI=1S/C19H25N3OS/c1-21-12-4-7-15(21)16-8-5-13-22(16)19(23)11-10-18-20-14-6-2-3-9-17(14)24-18/h2-3,6,9,15-16H,4-5,7-8,10-13H2,1H3/t15-,16+/m0/s1. The molecule has 2 atom stereocenters. The monoisotopic (exact) mass is 343 g/mol. The minimum atomic E-state index is 0.317. The maximum Gasteiger partial charge on any atom is 0.223 e. The third-order valence-corrected chi connectivity index (χ3v) is 6.63. The zero-order valence-electron chi connectivity index (χ0n) is 14.3. The van der Waals surface area contributed by atoms with E-state index in [1.165, 1.54) is 30.5 Å². The van der Waals surface area contributed by atoms with E-state index in [4.69, 9.17) is 0 Å². The number of nitrogens with zero attached hydrogens (tertiary/aromatic N) is 3. The SMILES string of the molecule is CN1CCC[C@H]1[C@H]1CCCN1C(=O)CCc1nc2ccccc2s1. The van der Waals surface area contributed by atoms with Crippen LogP contribution in [0, 0.1) is 0 Å². The van der Waals surface area contributed by atoms with E-state index in [9.17, 15) is 4.79 Å². The number of rotatable bonds is 4. The topological polar surface area (TPSA) is 36.4 Å². The van der Waals surface area contributed by atoms with E-state index in [1.807, 2.05) is 18.2 Å². The van der Waals surface area contributed by atoms with Crippen molar-refractivity contribution in [2.45, 2.75) is 50.6 Å². The van der Waals surface area contributed by atoms with Gasteiger partial charge in [0.2, 0.25) is 5.91 Å². The fourth-order valence-electron chi connectivity index (χ4n) is 4.31. The number of likely N-dealkylation sites (N-methyl/N-ethyl adjacent to an activating group) is 1. The quantitative estimate of drug-likeness (QED) is 0.854. The molecule has 0 unspecified atom stereocenters. The summed E-state index contributed by atoms with van der Waals surface area (Å²) in [6.07, 6.45) is 6.19. The number of thiazole rings is 1. The Labute approximate surface area is 147 Å². The fraction of sp³-hybridized carbons (Fsp3) is 0.579. The number of para-hydroxylation sites is 1. The van der Waals surface area contributed by atoms with Gasteiger partial charge >= 0.3 is 0 Å². The van der Waals surface area contributed by atoms with Crippen LogP contribution in [0.2, 0.25) is 0 Å². The summed E-state index contributed by atoms with van der Waals surface area (Å²) in [6.45, 7) is 2.11. The van der Waals surface area contributed by atoms with Gasteiger partial charge in [-0.2, -0.15) is 0 Å². The molecular weight excluding hydrogens is 318 g/mol. The summed E-state index contributed by atoms with van der Waals surface area (Å²) in [5, 5.41) is 1.08. The minimum Gasteiger partial charge on any atom is -0.338 e. The number of hydrogen-bond donors (Lipinski definition) is 0. The predicted molar refractivity (Wildman–Crippen MR) is 98.3 cm³/mol. The second-order valence-corrected chi connectivity index (χ2v) is 8.18. The fourth-order valence-corrected chi connectivity index (χ4v) is 5.28. The first-order valence-electron chi connectivity index (χ1n) is 9.06. The molecule has 2 aliphatic rings. The van der Waals surface area contributed by atoms with Crippen molar-refractivity contribution in [3.63, 3.8) is 0 Å². The van der Waals surface area contributed by atoms with Crippen LogP contribution in [0.3, 0.4) is 0 Å². The maximum absolute atomic E-state index is 12.8. The summed E-state index contributed by atoms with van der Waals surface area (Å²) in [6, 6.07) is 9.21. The van der Waals surface area contributed by atoms with Gasteiger partial charge < -0.3 is 9.80 Å². The van der Waals surface area contributed by atoms with Gasteiger partial charge in [-0.1, -0.05) is 12.1 Å². The van der Waals surface area contributed by atoms with E-state index >= 15 is 0 Å². The molecule has 4 rings (SSSR count). The highest BCUT2D eigenvalue weighted by atomic mass is 32.1. The van der Waals surface area contributed by atoms with Gasteiger partial charge in [0.1, 0.15) is 0 Å². The molecule has 3 heterocycles. The molecular formula is C19H25N3OS. The number of aromatic nitrogens is 1. The summed E-state index contributed by atoms with van der Waals surface area (Å²) in [5.74, 6) is 0.317. The lowest BCUT2D eigenvalue weighted by molar-refractivity contribution is -0.132. The summed E-state index contributed by atoms with van der Waals surface area (Å²) >= 11 is 1.72. The van der Waals surface area contributed by atoms with Gasteiger partial charge in [0.15, 0.2) is 0 Å². The van der Waals surface area contributed by atoms with Gasteiger partial charge in [0.25, 0.3) is 0 Å². The highest BCUT2D eigenvalue weighted by Crippen LogP contribution is 2.30. The second-order valence-electron chi connectivity index (χ2n) is 7.06. The van der Waals surface area contributed by atoms with Gasteiger partial charge in [-0.3, -0.25) is 4.79 Å². The molecule has 2 fully saturated rings. The van der Waals surface area contributed by atoms with E-state index in [1.54, 1.807) is 11.3 Å². The van der Waals surface area contributed by atoms with Crippen molar-refractivity contribution < 1.29 is 4.79 Å². The zero-order valence-corrected chi connectivity index (χ0v) is 15.1. The lowest BCUT2D eigenvalue weighted by atomic mass is 10.0. The van der Waals surface area contributed by atoms with Crippen molar-refractivity contribution in [2.24, 2.45) is 0 Å². The number of hydrogen-bond acceptors (Lipinski definition) is 4. The molecule has 1 amide bonds. The second kappa shape index (κ2) is 6.81. The van der Waals surface area contributed by atoms with E-state index < -0.39 is 0 Å². The molecule has 128 valence electrons. The number of amides is 1. The Bertz CT molecular complexity index is 695. The Hall–Kier alpha value is -1.46. The first-order chi connectivity index (χ1) is 11.7. The molecule has 0 bridgehead atoms. The van der Waals surface area contributed by atoms with Crippen LogP contribution in [0.15, 0.2) is 24.3 Å². The lowest BCUT2D eigenvalue weighted by Gasteiger charge is -2.33. The molecule has 1 aromatic heterocycles. The molecule has 0 N–H and O–H groups in total. The van der Waals surface area contributed by atoms with Crippen molar-refractivity contribution in [1.82, 2.24) is 14.8 Å². The van der Waals surface area contributed by atoms with Crippen LogP contribution in [0.4, 0.5) is 0 Å². The van der Waals surface area contributed by atoms with Crippen molar-refractivity contribution in [1.29, 1.82) is 0 Å². The Balaban J connectivity index is 1.40. The average Bonchev–Trinajstić information content (AvgIpc) is 3.30. The highest BCUT2D eigenvalue weighted by molar-refractivity contribution is 7.18. The smallest absolute Gasteiger partial charge is 0.223 e. The van der Waals surface area contributed by atoms with Gasteiger partial charge in [0, 0.05) is 31.5 Å². The number of fused-ring (bicyclic) bond motifs is 1. The van der Waals surface area contributed by atoms with Crippen molar-refractivity contribution in [2.75, 3.05) is 20.1 Å². The molecule has 5 heteroatoms.